The van der Waals surface area contributed by atoms with Gasteiger partial charge in [-0.05, 0) is 216 Å². The van der Waals surface area contributed by atoms with Crippen LogP contribution in [0.2, 0.25) is 0 Å². The molecule has 14 rings (SSSR count). The van der Waals surface area contributed by atoms with E-state index in [4.69, 9.17) is 79.0 Å². The molecule has 0 aliphatic rings. The highest BCUT2D eigenvalue weighted by Gasteiger charge is 2.28. The number of hydrogen-bond acceptors (Lipinski definition) is 27. The molecule has 3 amide bonds. The molecule has 0 aliphatic carbocycles. The van der Waals surface area contributed by atoms with Gasteiger partial charge in [-0.3, -0.25) is 38.3 Å². The lowest BCUT2D eigenvalue weighted by atomic mass is 10.1. The average Bonchev–Trinajstić information content (AvgIpc) is 1.61. The molecule has 0 radical (unpaired) electrons. The third kappa shape index (κ3) is 32.1. The number of hydrogen-bond donors (Lipinski definition) is 10. The van der Waals surface area contributed by atoms with Crippen LogP contribution in [0.1, 0.15) is 98.6 Å². The molecule has 140 heavy (non-hydrogen) atoms. The maximum atomic E-state index is 12.7. The lowest BCUT2D eigenvalue weighted by Gasteiger charge is -2.24. The number of carboxylic acid groups (broad SMARTS) is 1. The lowest BCUT2D eigenvalue weighted by Crippen LogP contribution is -2.36. The van der Waals surface area contributed by atoms with Gasteiger partial charge in [0.25, 0.3) is 11.1 Å². The number of carbonyl (C=O) groups excluding carboxylic acids is 5. The van der Waals surface area contributed by atoms with Gasteiger partial charge in [0.05, 0.1) is 61.5 Å². The summed E-state index contributed by atoms with van der Waals surface area (Å²) in [5, 5.41) is 53.4. The number of H-pyrrole nitrogens is 3. The highest BCUT2D eigenvalue weighted by Crippen LogP contribution is 2.39. The van der Waals surface area contributed by atoms with Crippen LogP contribution in [0.4, 0.5) is 37.4 Å². The largest absolute Gasteiger partial charge is 0.478 e. The Kier molecular flexibility index (Phi) is 40.5. The Morgan fingerprint density at radius 2 is 0.750 bits per heavy atom. The Morgan fingerprint density at radius 1 is 0.457 bits per heavy atom. The van der Waals surface area contributed by atoms with Crippen molar-refractivity contribution >= 4 is 80.6 Å². The Labute approximate surface area is 808 Å². The Balaban J connectivity index is 0.000000272. The van der Waals surface area contributed by atoms with Crippen LogP contribution in [0.3, 0.4) is 0 Å². The maximum Gasteiger partial charge on any atom is 0.410 e. The second-order valence-electron chi connectivity index (χ2n) is 33.2. The first-order chi connectivity index (χ1) is 66.2. The summed E-state index contributed by atoms with van der Waals surface area (Å²) in [6, 6.07) is 67.2. The van der Waals surface area contributed by atoms with Crippen molar-refractivity contribution in [2.75, 3.05) is 72.4 Å². The number of aliphatic hydroxyl groups is 1. The van der Waals surface area contributed by atoms with Crippen LogP contribution in [-0.4, -0.2) is 204 Å². The van der Waals surface area contributed by atoms with Crippen molar-refractivity contribution in [1.29, 1.82) is 11.1 Å². The molecule has 0 aliphatic heterocycles. The van der Waals surface area contributed by atoms with Crippen molar-refractivity contribution in [1.82, 2.24) is 80.0 Å². The molecular formula is C100H116N22O18. The topological polar surface area (TPSA) is 543 Å². The van der Waals surface area contributed by atoms with Crippen LogP contribution in [-0.2, 0) is 38.6 Å². The molecule has 6 aromatic heterocycles. The first-order valence-electron chi connectivity index (χ1n) is 43.2. The van der Waals surface area contributed by atoms with Crippen LogP contribution in [0.25, 0.3) is 76.5 Å². The first-order valence-corrected chi connectivity index (χ1v) is 43.2. The number of nitrogen functional groups attached to an aromatic ring is 2. The maximum absolute atomic E-state index is 12.7. The van der Waals surface area contributed by atoms with Gasteiger partial charge in [0.15, 0.2) is 23.2 Å². The number of Topliss-reactive ketones (excluding diaryl/α,β-unsaturated/α-hetero) is 2. The SMILES string of the molecule is C=CC(=O)O.CN(CCO)C(=O)OC(C)(C)C.CN(CCn1nc(-c2ccc(Oc3ccccc3)cc2)c2c(N)n[nH]c(=O)c21)C(=O)OC(C)(C)C.CNCCn1nc(-c2ccc(Oc3ccccc3)cc2)c2c(N)n[nH]c(=O)c21.N=N.O.[C-]#[N+]c1c(-c2ccc(Oc3ccccc3)cc2)n[nH]c1C(C)=O.[C-]#[N+]c1c(-c2ccc(Oc3ccccc3)cc2)nn(CCN(C)C(=O)OC(C)(C)C)c1C(C)=O.[HH]. The van der Waals surface area contributed by atoms with E-state index >= 15 is 0 Å². The zero-order valence-electron chi connectivity index (χ0n) is 80.2. The average molecular weight is 1910 g/mol. The summed E-state index contributed by atoms with van der Waals surface area (Å²) in [5.74, 6) is 4.59. The Hall–Kier alpha value is -17.5. The van der Waals surface area contributed by atoms with Gasteiger partial charge in [0.1, 0.15) is 96.6 Å². The zero-order valence-corrected chi connectivity index (χ0v) is 80.2. The van der Waals surface area contributed by atoms with Crippen molar-refractivity contribution in [2.24, 2.45) is 0 Å². The number of rotatable bonds is 26. The third-order valence-electron chi connectivity index (χ3n) is 19.0. The molecule has 40 nitrogen and oxygen atoms in total. The molecular weight excluding hydrogens is 1800 g/mol. The fourth-order valence-corrected chi connectivity index (χ4v) is 12.6. The predicted octanol–water partition coefficient (Wildman–Crippen LogP) is 18.1. The van der Waals surface area contributed by atoms with E-state index in [1.54, 1.807) is 125 Å². The number of ketones is 2. The van der Waals surface area contributed by atoms with E-state index in [2.05, 4.69) is 67.5 Å². The van der Waals surface area contributed by atoms with E-state index in [0.717, 1.165) is 40.0 Å². The highest BCUT2D eigenvalue weighted by molar-refractivity contribution is 6.03. The van der Waals surface area contributed by atoms with Gasteiger partial charge in [-0.25, -0.2) is 50.1 Å². The summed E-state index contributed by atoms with van der Waals surface area (Å²) in [6.07, 6.45) is -0.501. The number of ether oxygens (including phenoxy) is 7. The van der Waals surface area contributed by atoms with E-state index in [0.29, 0.717) is 93.0 Å². The molecule has 0 fully saturated rings. The minimum absolute atomic E-state index is 0. The molecule has 40 heteroatoms. The molecule has 6 heterocycles. The number of amides is 3. The zero-order chi connectivity index (χ0) is 102. The van der Waals surface area contributed by atoms with Crippen molar-refractivity contribution in [2.45, 2.75) is 113 Å². The van der Waals surface area contributed by atoms with Crippen LogP contribution in [0, 0.1) is 24.2 Å². The van der Waals surface area contributed by atoms with Gasteiger partial charge in [-0.1, -0.05) is 104 Å². The van der Waals surface area contributed by atoms with Gasteiger partial charge in [-0.15, -0.1) is 0 Å². The van der Waals surface area contributed by atoms with E-state index in [1.807, 2.05) is 189 Å². The number of para-hydroxylation sites is 4. The monoisotopic (exact) mass is 1910 g/mol. The van der Waals surface area contributed by atoms with Gasteiger partial charge >= 0.3 is 24.2 Å². The number of aromatic amines is 3. The first kappa shape index (κ1) is 110. The minimum atomic E-state index is -0.981. The second-order valence-corrected chi connectivity index (χ2v) is 33.2. The minimum Gasteiger partial charge on any atom is -0.478 e. The van der Waals surface area contributed by atoms with E-state index in [9.17, 15) is 38.4 Å². The predicted molar refractivity (Wildman–Crippen MR) is 533 cm³/mol. The molecule has 734 valence electrons. The van der Waals surface area contributed by atoms with Gasteiger partial charge < -0.3 is 80.3 Å². The Bertz CT molecular complexity index is 6690. The number of nitrogens with two attached hydrogens (primary N) is 2. The van der Waals surface area contributed by atoms with Crippen LogP contribution >= 0.6 is 0 Å². The fraction of sp³-hybridized carbons (Fsp3) is 0.260. The summed E-state index contributed by atoms with van der Waals surface area (Å²) >= 11 is 0. The highest BCUT2D eigenvalue weighted by atomic mass is 16.6. The number of anilines is 2. The number of aliphatic carboxylic acids is 1. The van der Waals surface area contributed by atoms with Crippen molar-refractivity contribution in [3.8, 4) is 91.0 Å². The normalized spacial score (nSPS) is 10.6. The molecule has 14 aromatic rings. The summed E-state index contributed by atoms with van der Waals surface area (Å²) in [4.78, 5) is 105. The second kappa shape index (κ2) is 51.8. The molecule has 0 bridgehead atoms. The quantitative estimate of drug-likeness (QED) is 0.00791. The molecule has 14 N–H and O–H groups in total. The summed E-state index contributed by atoms with van der Waals surface area (Å²) in [7, 11) is 6.68. The number of nitrogens with one attached hydrogen (secondary N) is 6. The fourth-order valence-electron chi connectivity index (χ4n) is 12.6. The van der Waals surface area contributed by atoms with Crippen molar-refractivity contribution < 1.29 is 79.0 Å². The number of likely N-dealkylation sites (N-methyl/N-ethyl adjacent to an activating group) is 4. The van der Waals surface area contributed by atoms with Crippen LogP contribution in [0.5, 0.6) is 46.0 Å². The van der Waals surface area contributed by atoms with E-state index in [-0.39, 0.29) is 96.7 Å². The molecule has 8 aromatic carbocycles. The van der Waals surface area contributed by atoms with Crippen molar-refractivity contribution in [3.05, 3.63) is 286 Å². The van der Waals surface area contributed by atoms with E-state index in [1.165, 1.54) is 37.9 Å². The van der Waals surface area contributed by atoms with E-state index < -0.39 is 46.6 Å². The summed E-state index contributed by atoms with van der Waals surface area (Å²) in [6.45, 7) is 39.4. The molecule has 0 unspecified atom stereocenters. The molecule has 0 saturated carbocycles. The lowest BCUT2D eigenvalue weighted by molar-refractivity contribution is -0.131. The smallest absolute Gasteiger partial charge is 0.410 e. The van der Waals surface area contributed by atoms with Gasteiger partial charge in [-0.2, -0.15) is 30.6 Å². The number of fused-ring (bicyclic) bond motifs is 2. The summed E-state index contributed by atoms with van der Waals surface area (Å²) < 4.78 is 43.7. The van der Waals surface area contributed by atoms with Crippen LogP contribution in [0.15, 0.2) is 241 Å². The number of carboxylic acids is 1. The third-order valence-corrected chi connectivity index (χ3v) is 19.0. The molecule has 0 spiro atoms. The number of benzene rings is 8. The number of nitrogens with zero attached hydrogens (tertiary/aromatic N) is 14. The van der Waals surface area contributed by atoms with Crippen LogP contribution < -0.4 is 46.9 Å². The number of carbonyl (C=O) groups is 6. The van der Waals surface area contributed by atoms with Crippen molar-refractivity contribution in [3.63, 3.8) is 0 Å². The Morgan fingerprint density at radius 3 is 1.04 bits per heavy atom. The number of aliphatic hydroxyl groups excluding tert-OH is 1. The molecule has 0 atom stereocenters. The van der Waals surface area contributed by atoms with Gasteiger partial charge in [0, 0.05) is 66.0 Å². The number of aromatic nitrogens is 12. The molecule has 0 saturated heterocycles. The van der Waals surface area contributed by atoms with Gasteiger partial charge in [0.2, 0.25) is 11.4 Å². The summed E-state index contributed by atoms with van der Waals surface area (Å²) in [5.41, 5.74) is 26.4. The standard InChI is InChI=1S/C26H28N4O4.C25H28N6O4.C20H20N6O2.C18H13N3O2.C8H17NO3.C3H4O2.H2N2.H2O.H2/c1-18(31)24-23(27-5)22(28-30(24)17-16-29(6)25(32)34-26(2,3)4)19-12-14-21(15-13-19)33-20-10-8-7-9-11-20;1-25(2,3)35-24(33)30(4)14-15-31-21-19(22(26)27-28-23(21)32)20(29-31)16-10-12-18(13-11-16)34-17-8-6-5-7-9-17;1-22-11-12-26-18-16(19(21)23-24-20(18)27)17(25-26)13-7-9-15(10-8-13)28-14-5-3-2-4-6-14;1-12(22)16-18(19-2)17(21-20-16)13-8-10-15(11-9-13)23-14-6-4-3-5-7-14;1-8(2,3)12-7(11)9(4)5-6-10;1-2-3(4)5;1-2;;/h7-15H,16-17H2,1-4,6H3;5-13H,14-15H2,1-4H3,(H2,26,27)(H,28,32);2-10,22H,11-12H2,1H3,(H2,21,23)(H,24,27);3-11H,1H3,(H,20,21);10H,5-6H2,1-4H3;2H,1H2,(H,4,5);1-2H;1H2;1H.